The Morgan fingerprint density at radius 1 is 1.08 bits per heavy atom. The van der Waals surface area contributed by atoms with Crippen molar-refractivity contribution in [1.29, 1.82) is 0 Å². The van der Waals surface area contributed by atoms with Crippen LogP contribution in [0.1, 0.15) is 35.9 Å². The predicted octanol–water partition coefficient (Wildman–Crippen LogP) is 2.19. The maximum atomic E-state index is 9.98. The standard InChI is InChI=1S/C21H30N4O/c1-15-10-24-13-20(26)9-19(24)12-23(15)14-21-16(2)22-25(17(21)3)11-18-7-5-4-6-8-18/h4-8,15,19-20,26H,9-14H2,1-3H3/t15-,19-,20-/m1/s1. The SMILES string of the molecule is Cc1nn(Cc2ccccc2)c(C)c1CN1C[C@H]2C[C@@H](O)CN2C[C@H]1C. The molecule has 26 heavy (non-hydrogen) atoms. The quantitative estimate of drug-likeness (QED) is 0.914. The highest BCUT2D eigenvalue weighted by molar-refractivity contribution is 5.26. The maximum absolute atomic E-state index is 9.98. The predicted molar refractivity (Wildman–Crippen MR) is 103 cm³/mol. The monoisotopic (exact) mass is 354 g/mol. The molecule has 3 heterocycles. The summed E-state index contributed by atoms with van der Waals surface area (Å²) < 4.78 is 2.14. The molecule has 140 valence electrons. The molecule has 1 N–H and O–H groups in total. The van der Waals surface area contributed by atoms with Crippen LogP contribution in [0, 0.1) is 13.8 Å². The van der Waals surface area contributed by atoms with Crippen molar-refractivity contribution < 1.29 is 5.11 Å². The van der Waals surface area contributed by atoms with Crippen LogP contribution in [0.3, 0.4) is 0 Å². The van der Waals surface area contributed by atoms with Gasteiger partial charge in [0.05, 0.1) is 18.3 Å². The molecular weight excluding hydrogens is 324 g/mol. The van der Waals surface area contributed by atoms with Crippen LogP contribution in [-0.2, 0) is 13.1 Å². The molecule has 0 amide bonds. The molecule has 1 aromatic heterocycles. The maximum Gasteiger partial charge on any atom is 0.0682 e. The Labute approximate surface area is 156 Å². The van der Waals surface area contributed by atoms with Gasteiger partial charge in [-0.25, -0.2) is 0 Å². The highest BCUT2D eigenvalue weighted by Crippen LogP contribution is 2.27. The molecule has 2 aromatic rings. The summed E-state index contributed by atoms with van der Waals surface area (Å²) in [7, 11) is 0. The number of aliphatic hydroxyl groups excluding tert-OH is 1. The molecule has 0 radical (unpaired) electrons. The first-order valence-electron chi connectivity index (χ1n) is 9.74. The summed E-state index contributed by atoms with van der Waals surface area (Å²) in [6.45, 7) is 11.3. The van der Waals surface area contributed by atoms with Gasteiger partial charge in [-0.2, -0.15) is 5.10 Å². The van der Waals surface area contributed by atoms with Crippen LogP contribution in [0.2, 0.25) is 0 Å². The van der Waals surface area contributed by atoms with Crippen molar-refractivity contribution in [2.24, 2.45) is 0 Å². The normalized spacial score (nSPS) is 27.0. The lowest BCUT2D eigenvalue weighted by Gasteiger charge is -2.42. The minimum atomic E-state index is -0.149. The van der Waals surface area contributed by atoms with Gasteiger partial charge < -0.3 is 5.11 Å². The van der Waals surface area contributed by atoms with Gasteiger partial charge in [0.25, 0.3) is 0 Å². The number of aromatic nitrogens is 2. The van der Waals surface area contributed by atoms with Crippen LogP contribution in [-0.4, -0.2) is 62.5 Å². The van der Waals surface area contributed by atoms with Gasteiger partial charge in [-0.15, -0.1) is 0 Å². The van der Waals surface area contributed by atoms with E-state index in [1.54, 1.807) is 0 Å². The summed E-state index contributed by atoms with van der Waals surface area (Å²) in [5, 5.41) is 14.8. The fraction of sp³-hybridized carbons (Fsp3) is 0.571. The van der Waals surface area contributed by atoms with Gasteiger partial charge in [0.1, 0.15) is 0 Å². The van der Waals surface area contributed by atoms with E-state index in [1.165, 1.54) is 16.8 Å². The van der Waals surface area contributed by atoms with E-state index in [0.717, 1.165) is 44.8 Å². The van der Waals surface area contributed by atoms with Gasteiger partial charge in [-0.1, -0.05) is 30.3 Å². The van der Waals surface area contributed by atoms with Crippen molar-refractivity contribution in [3.05, 3.63) is 52.8 Å². The molecule has 3 atom stereocenters. The van der Waals surface area contributed by atoms with Crippen LogP contribution >= 0.6 is 0 Å². The van der Waals surface area contributed by atoms with Crippen molar-refractivity contribution in [3.8, 4) is 0 Å². The van der Waals surface area contributed by atoms with Gasteiger partial charge >= 0.3 is 0 Å². The molecule has 0 saturated carbocycles. The van der Waals surface area contributed by atoms with E-state index < -0.39 is 0 Å². The van der Waals surface area contributed by atoms with Gasteiger partial charge in [-0.3, -0.25) is 14.5 Å². The second kappa shape index (κ2) is 7.14. The number of aliphatic hydroxyl groups is 1. The van der Waals surface area contributed by atoms with Crippen molar-refractivity contribution in [2.75, 3.05) is 19.6 Å². The zero-order valence-corrected chi connectivity index (χ0v) is 16.1. The molecule has 5 nitrogen and oxygen atoms in total. The molecule has 0 aliphatic carbocycles. The van der Waals surface area contributed by atoms with Crippen LogP contribution in [0.4, 0.5) is 0 Å². The first-order chi connectivity index (χ1) is 12.5. The van der Waals surface area contributed by atoms with Crippen LogP contribution in [0.15, 0.2) is 30.3 Å². The van der Waals surface area contributed by atoms with Crippen LogP contribution < -0.4 is 0 Å². The van der Waals surface area contributed by atoms with Crippen LogP contribution in [0.25, 0.3) is 0 Å². The summed E-state index contributed by atoms with van der Waals surface area (Å²) in [6, 6.07) is 11.5. The van der Waals surface area contributed by atoms with E-state index in [-0.39, 0.29) is 6.10 Å². The Morgan fingerprint density at radius 3 is 2.62 bits per heavy atom. The van der Waals surface area contributed by atoms with E-state index >= 15 is 0 Å². The summed E-state index contributed by atoms with van der Waals surface area (Å²) in [5.74, 6) is 0. The Morgan fingerprint density at radius 2 is 1.85 bits per heavy atom. The lowest BCUT2D eigenvalue weighted by Crippen LogP contribution is -2.54. The number of fused-ring (bicyclic) bond motifs is 1. The average Bonchev–Trinajstić information content (AvgIpc) is 3.09. The Bertz CT molecular complexity index is 757. The van der Waals surface area contributed by atoms with Gasteiger partial charge in [0.2, 0.25) is 0 Å². The third-order valence-corrected chi connectivity index (χ3v) is 6.14. The van der Waals surface area contributed by atoms with E-state index in [4.69, 9.17) is 5.10 Å². The van der Waals surface area contributed by atoms with Gasteiger partial charge in [-0.05, 0) is 32.8 Å². The van der Waals surface area contributed by atoms with Crippen molar-refractivity contribution >= 4 is 0 Å². The second-order valence-corrected chi connectivity index (χ2v) is 8.07. The highest BCUT2D eigenvalue weighted by Gasteiger charge is 2.38. The van der Waals surface area contributed by atoms with Crippen molar-refractivity contribution in [3.63, 3.8) is 0 Å². The Kier molecular flexibility index (Phi) is 4.86. The number of hydrogen-bond acceptors (Lipinski definition) is 4. The van der Waals surface area contributed by atoms with E-state index in [0.29, 0.717) is 12.1 Å². The summed E-state index contributed by atoms with van der Waals surface area (Å²) in [5.41, 5.74) is 5.05. The summed E-state index contributed by atoms with van der Waals surface area (Å²) in [4.78, 5) is 5.04. The molecule has 0 bridgehead atoms. The van der Waals surface area contributed by atoms with E-state index in [9.17, 15) is 5.11 Å². The fourth-order valence-electron chi connectivity index (χ4n) is 4.57. The minimum absolute atomic E-state index is 0.149. The molecule has 2 saturated heterocycles. The number of aryl methyl sites for hydroxylation is 1. The Balaban J connectivity index is 1.49. The van der Waals surface area contributed by atoms with Gasteiger partial charge in [0, 0.05) is 49.5 Å². The number of benzene rings is 1. The smallest absolute Gasteiger partial charge is 0.0682 e. The molecule has 0 spiro atoms. The van der Waals surface area contributed by atoms with Crippen molar-refractivity contribution in [2.45, 2.75) is 58.5 Å². The third kappa shape index (κ3) is 3.43. The molecule has 2 aliphatic rings. The Hall–Kier alpha value is -1.69. The van der Waals surface area contributed by atoms with Crippen LogP contribution in [0.5, 0.6) is 0 Å². The average molecular weight is 354 g/mol. The van der Waals surface area contributed by atoms with E-state index in [2.05, 4.69) is 65.6 Å². The lowest BCUT2D eigenvalue weighted by atomic mass is 10.1. The zero-order valence-electron chi connectivity index (χ0n) is 16.1. The molecule has 2 aliphatic heterocycles. The topological polar surface area (TPSA) is 44.5 Å². The molecule has 4 rings (SSSR count). The summed E-state index contributed by atoms with van der Waals surface area (Å²) in [6.07, 6.45) is 0.762. The molecule has 2 fully saturated rings. The molecule has 5 heteroatoms. The largest absolute Gasteiger partial charge is 0.392 e. The van der Waals surface area contributed by atoms with Gasteiger partial charge in [0.15, 0.2) is 0 Å². The zero-order chi connectivity index (χ0) is 18.3. The minimum Gasteiger partial charge on any atom is -0.392 e. The fourth-order valence-corrected chi connectivity index (χ4v) is 4.57. The first-order valence-corrected chi connectivity index (χ1v) is 9.74. The highest BCUT2D eigenvalue weighted by atomic mass is 16.3. The number of nitrogens with zero attached hydrogens (tertiary/aromatic N) is 4. The second-order valence-electron chi connectivity index (χ2n) is 8.07. The molecule has 1 aromatic carbocycles. The number of hydrogen-bond donors (Lipinski definition) is 1. The van der Waals surface area contributed by atoms with Crippen molar-refractivity contribution in [1.82, 2.24) is 19.6 Å². The number of rotatable bonds is 4. The lowest BCUT2D eigenvalue weighted by molar-refractivity contribution is 0.0526. The molecule has 0 unspecified atom stereocenters. The number of piperazine rings is 1. The third-order valence-electron chi connectivity index (χ3n) is 6.14. The van der Waals surface area contributed by atoms with E-state index in [1.807, 2.05) is 0 Å². The first kappa shape index (κ1) is 17.7. The molecular formula is C21H30N4O. The summed E-state index contributed by atoms with van der Waals surface area (Å²) >= 11 is 0.